The van der Waals surface area contributed by atoms with Crippen molar-refractivity contribution >= 4 is 40.3 Å². The summed E-state index contributed by atoms with van der Waals surface area (Å²) in [5, 5.41) is 7.23. The molecule has 0 heterocycles. The summed E-state index contributed by atoms with van der Waals surface area (Å²) in [6, 6.07) is 12.8. The van der Waals surface area contributed by atoms with Crippen molar-refractivity contribution in [2.45, 2.75) is 0 Å². The first-order chi connectivity index (χ1) is 10.1. The highest BCUT2D eigenvalue weighted by Gasteiger charge is 2.04. The average Bonchev–Trinajstić information content (AvgIpc) is 2.46. The topological polar surface area (TPSA) is 42.5 Å². The summed E-state index contributed by atoms with van der Waals surface area (Å²) < 4.78 is 10.4. The Morgan fingerprint density at radius 3 is 2.14 bits per heavy atom. The van der Waals surface area contributed by atoms with Crippen molar-refractivity contribution < 1.29 is 9.47 Å². The molecule has 0 saturated carbocycles. The minimum absolute atomic E-state index is 0.451. The summed E-state index contributed by atoms with van der Waals surface area (Å²) >= 11 is 11.2. The lowest BCUT2D eigenvalue weighted by Gasteiger charge is -2.13. The van der Waals surface area contributed by atoms with Crippen molar-refractivity contribution in [3.05, 3.63) is 47.5 Å². The van der Waals surface area contributed by atoms with E-state index in [0.717, 1.165) is 11.4 Å². The number of hydrogen-bond donors (Lipinski definition) is 2. The smallest absolute Gasteiger partial charge is 0.175 e. The maximum atomic E-state index is 5.93. The lowest BCUT2D eigenvalue weighted by molar-refractivity contribution is 0.395. The van der Waals surface area contributed by atoms with Gasteiger partial charge in [0.25, 0.3) is 0 Å². The molecule has 0 aliphatic rings. The van der Waals surface area contributed by atoms with Crippen LogP contribution in [-0.4, -0.2) is 19.3 Å². The third-order valence-electron chi connectivity index (χ3n) is 2.69. The van der Waals surface area contributed by atoms with Crippen LogP contribution in [-0.2, 0) is 0 Å². The number of anilines is 2. The molecule has 0 bridgehead atoms. The van der Waals surface area contributed by atoms with Gasteiger partial charge in [-0.15, -0.1) is 0 Å². The number of nitrogens with one attached hydrogen (secondary N) is 2. The number of benzene rings is 2. The molecular formula is C15H15ClN2O2S. The second-order valence-electron chi connectivity index (χ2n) is 4.19. The minimum atomic E-state index is 0.451. The average molecular weight is 323 g/mol. The van der Waals surface area contributed by atoms with Gasteiger partial charge in [0.05, 0.1) is 14.2 Å². The van der Waals surface area contributed by atoms with Crippen LogP contribution in [0.3, 0.4) is 0 Å². The second kappa shape index (κ2) is 7.15. The van der Waals surface area contributed by atoms with E-state index in [9.17, 15) is 0 Å². The summed E-state index contributed by atoms with van der Waals surface area (Å²) in [5.41, 5.74) is 1.58. The van der Waals surface area contributed by atoms with Crippen LogP contribution in [0.5, 0.6) is 11.5 Å². The first-order valence-corrected chi connectivity index (χ1v) is 6.96. The molecule has 110 valence electrons. The third kappa shape index (κ3) is 4.51. The van der Waals surface area contributed by atoms with Gasteiger partial charge in [-0.3, -0.25) is 0 Å². The second-order valence-corrected chi connectivity index (χ2v) is 5.04. The van der Waals surface area contributed by atoms with E-state index >= 15 is 0 Å². The van der Waals surface area contributed by atoms with Gasteiger partial charge in [0.1, 0.15) is 11.5 Å². The van der Waals surface area contributed by atoms with E-state index in [0.29, 0.717) is 21.6 Å². The van der Waals surface area contributed by atoms with Gasteiger partial charge in [-0.25, -0.2) is 0 Å². The van der Waals surface area contributed by atoms with Crippen LogP contribution in [0, 0.1) is 0 Å². The van der Waals surface area contributed by atoms with E-state index in [1.807, 2.05) is 24.3 Å². The molecule has 0 amide bonds. The zero-order chi connectivity index (χ0) is 15.2. The van der Waals surface area contributed by atoms with E-state index in [1.54, 1.807) is 32.4 Å². The number of thiocarbonyl (C=S) groups is 1. The molecule has 0 radical (unpaired) electrons. The Balaban J connectivity index is 2.08. The molecule has 2 rings (SSSR count). The summed E-state index contributed by atoms with van der Waals surface area (Å²) in [4.78, 5) is 0. The van der Waals surface area contributed by atoms with Crippen molar-refractivity contribution in [2.75, 3.05) is 24.9 Å². The monoisotopic (exact) mass is 322 g/mol. The van der Waals surface area contributed by atoms with Crippen molar-refractivity contribution in [3.8, 4) is 11.5 Å². The van der Waals surface area contributed by atoms with Crippen LogP contribution in [0.2, 0.25) is 5.02 Å². The van der Waals surface area contributed by atoms with Gasteiger partial charge in [-0.05, 0) is 30.4 Å². The largest absolute Gasteiger partial charge is 0.497 e. The Morgan fingerprint density at radius 1 is 0.952 bits per heavy atom. The Bertz CT molecular complexity index is 627. The molecule has 21 heavy (non-hydrogen) atoms. The molecule has 0 fully saturated rings. The fraction of sp³-hybridized carbons (Fsp3) is 0.133. The Morgan fingerprint density at radius 2 is 1.57 bits per heavy atom. The van der Waals surface area contributed by atoms with Crippen LogP contribution >= 0.6 is 23.8 Å². The fourth-order valence-electron chi connectivity index (χ4n) is 1.74. The molecule has 0 aromatic heterocycles. The molecule has 2 N–H and O–H groups in total. The molecule has 2 aromatic rings. The van der Waals surface area contributed by atoms with Crippen molar-refractivity contribution in [2.24, 2.45) is 0 Å². The highest BCUT2D eigenvalue weighted by atomic mass is 35.5. The van der Waals surface area contributed by atoms with Crippen LogP contribution < -0.4 is 20.1 Å². The van der Waals surface area contributed by atoms with Gasteiger partial charge in [0.15, 0.2) is 5.11 Å². The summed E-state index contributed by atoms with van der Waals surface area (Å²) in [6.45, 7) is 0. The van der Waals surface area contributed by atoms with E-state index in [1.165, 1.54) is 0 Å². The molecule has 4 nitrogen and oxygen atoms in total. The fourth-order valence-corrected chi connectivity index (χ4v) is 2.17. The van der Waals surface area contributed by atoms with Gasteiger partial charge >= 0.3 is 0 Å². The minimum Gasteiger partial charge on any atom is -0.497 e. The molecule has 0 aliphatic heterocycles. The number of halogens is 1. The van der Waals surface area contributed by atoms with E-state index in [-0.39, 0.29) is 0 Å². The van der Waals surface area contributed by atoms with Crippen molar-refractivity contribution in [3.63, 3.8) is 0 Å². The molecule has 0 spiro atoms. The predicted octanol–water partition coefficient (Wildman–Crippen LogP) is 4.17. The summed E-state index contributed by atoms with van der Waals surface area (Å²) in [7, 11) is 3.20. The number of ether oxygens (including phenoxy) is 2. The Kier molecular flexibility index (Phi) is 5.25. The highest BCUT2D eigenvalue weighted by molar-refractivity contribution is 7.80. The molecule has 6 heteroatoms. The summed E-state index contributed by atoms with van der Waals surface area (Å²) in [5.74, 6) is 1.37. The van der Waals surface area contributed by atoms with Gasteiger partial charge in [-0.1, -0.05) is 17.7 Å². The molecule has 2 aromatic carbocycles. The zero-order valence-electron chi connectivity index (χ0n) is 11.6. The van der Waals surface area contributed by atoms with Crippen LogP contribution in [0.1, 0.15) is 0 Å². The van der Waals surface area contributed by atoms with Crippen LogP contribution in [0.15, 0.2) is 42.5 Å². The Labute approximate surface area is 134 Å². The van der Waals surface area contributed by atoms with Gasteiger partial charge < -0.3 is 20.1 Å². The van der Waals surface area contributed by atoms with Crippen LogP contribution in [0.4, 0.5) is 11.4 Å². The molecule has 0 saturated heterocycles. The van der Waals surface area contributed by atoms with Crippen molar-refractivity contribution in [1.82, 2.24) is 0 Å². The number of methoxy groups -OCH3 is 2. The van der Waals surface area contributed by atoms with Gasteiger partial charge in [0.2, 0.25) is 0 Å². The third-order valence-corrected chi connectivity index (χ3v) is 3.13. The van der Waals surface area contributed by atoms with Crippen molar-refractivity contribution in [1.29, 1.82) is 0 Å². The molecule has 0 unspecified atom stereocenters. The van der Waals surface area contributed by atoms with Gasteiger partial charge in [-0.2, -0.15) is 0 Å². The number of rotatable bonds is 4. The van der Waals surface area contributed by atoms with E-state index in [4.69, 9.17) is 33.3 Å². The lowest BCUT2D eigenvalue weighted by Crippen LogP contribution is -2.19. The standard InChI is InChI=1S/C15H15ClN2O2S/c1-19-13-7-12(8-14(9-13)20-2)18-15(21)17-11-5-3-4-10(16)6-11/h3-9H,1-2H3,(H2,17,18,21). The Hall–Kier alpha value is -1.98. The highest BCUT2D eigenvalue weighted by Crippen LogP contribution is 2.26. The quantitative estimate of drug-likeness (QED) is 0.827. The first-order valence-electron chi connectivity index (χ1n) is 6.17. The van der Waals surface area contributed by atoms with Crippen LogP contribution in [0.25, 0.3) is 0 Å². The maximum Gasteiger partial charge on any atom is 0.175 e. The number of hydrogen-bond acceptors (Lipinski definition) is 3. The van der Waals surface area contributed by atoms with Gasteiger partial charge in [0, 0.05) is 34.6 Å². The normalized spacial score (nSPS) is 9.86. The predicted molar refractivity (Wildman–Crippen MR) is 90.8 cm³/mol. The molecule has 0 aliphatic carbocycles. The van der Waals surface area contributed by atoms with E-state index in [2.05, 4.69) is 10.6 Å². The van der Waals surface area contributed by atoms with E-state index < -0.39 is 0 Å². The zero-order valence-corrected chi connectivity index (χ0v) is 13.2. The molecular weight excluding hydrogens is 308 g/mol. The molecule has 0 atom stereocenters. The first kappa shape index (κ1) is 15.4. The SMILES string of the molecule is COc1cc(NC(=S)Nc2cccc(Cl)c2)cc(OC)c1. The lowest BCUT2D eigenvalue weighted by atomic mass is 10.3. The summed E-state index contributed by atoms with van der Waals surface area (Å²) in [6.07, 6.45) is 0. The maximum absolute atomic E-state index is 5.93.